The van der Waals surface area contributed by atoms with Crippen molar-refractivity contribution in [2.45, 2.75) is 0 Å². The summed E-state index contributed by atoms with van der Waals surface area (Å²) < 4.78 is 0. The molecule has 0 N–H and O–H groups in total. The molecule has 0 aliphatic rings. The molecule has 0 heterocycles. The molecule has 0 saturated carbocycles. The standard InChI is InChI=1S/C20H14N4/c21-14-16-6-8-17(9-7-16)15-22-18-10-12-20(13-11-18)24-23-19-4-2-1-3-5-19/h1-13,15H. The van der Waals surface area contributed by atoms with E-state index < -0.39 is 0 Å². The predicted molar refractivity (Wildman–Crippen MR) is 95.5 cm³/mol. The fourth-order valence-electron chi connectivity index (χ4n) is 2.01. The zero-order chi connectivity index (χ0) is 16.6. The van der Waals surface area contributed by atoms with Crippen molar-refractivity contribution in [3.8, 4) is 6.07 Å². The second-order valence-corrected chi connectivity index (χ2v) is 5.04. The fourth-order valence-corrected chi connectivity index (χ4v) is 2.01. The van der Waals surface area contributed by atoms with Gasteiger partial charge in [-0.05, 0) is 54.1 Å². The Kier molecular flexibility index (Phi) is 4.86. The summed E-state index contributed by atoms with van der Waals surface area (Å²) in [6, 6.07) is 26.5. The van der Waals surface area contributed by atoms with Crippen molar-refractivity contribution < 1.29 is 0 Å². The third-order valence-corrected chi connectivity index (χ3v) is 3.29. The van der Waals surface area contributed by atoms with E-state index >= 15 is 0 Å². The van der Waals surface area contributed by atoms with Crippen molar-refractivity contribution in [2.24, 2.45) is 15.2 Å². The van der Waals surface area contributed by atoms with Crippen LogP contribution in [0.15, 0.2) is 94.1 Å². The summed E-state index contributed by atoms with van der Waals surface area (Å²) >= 11 is 0. The van der Waals surface area contributed by atoms with Crippen LogP contribution in [0.3, 0.4) is 0 Å². The Morgan fingerprint density at radius 1 is 0.667 bits per heavy atom. The fraction of sp³-hybridized carbons (Fsp3) is 0. The van der Waals surface area contributed by atoms with Gasteiger partial charge < -0.3 is 0 Å². The Labute approximate surface area is 140 Å². The number of nitriles is 1. The largest absolute Gasteiger partial charge is 0.256 e. The average molecular weight is 310 g/mol. The highest BCUT2D eigenvalue weighted by atomic mass is 15.1. The molecule has 0 aromatic heterocycles. The van der Waals surface area contributed by atoms with Crippen LogP contribution in [0.1, 0.15) is 11.1 Å². The van der Waals surface area contributed by atoms with Gasteiger partial charge in [0.15, 0.2) is 0 Å². The molecule has 0 amide bonds. The van der Waals surface area contributed by atoms with E-state index in [-0.39, 0.29) is 0 Å². The van der Waals surface area contributed by atoms with Crippen LogP contribution in [0.4, 0.5) is 17.1 Å². The van der Waals surface area contributed by atoms with Gasteiger partial charge in [-0.2, -0.15) is 15.5 Å². The topological polar surface area (TPSA) is 60.9 Å². The third-order valence-electron chi connectivity index (χ3n) is 3.29. The van der Waals surface area contributed by atoms with E-state index in [0.717, 1.165) is 22.6 Å². The second-order valence-electron chi connectivity index (χ2n) is 5.04. The normalized spacial score (nSPS) is 11.0. The molecule has 4 nitrogen and oxygen atoms in total. The van der Waals surface area contributed by atoms with Gasteiger partial charge in [-0.3, -0.25) is 4.99 Å². The van der Waals surface area contributed by atoms with Gasteiger partial charge in [0.1, 0.15) is 0 Å². The summed E-state index contributed by atoms with van der Waals surface area (Å²) in [5, 5.41) is 17.2. The highest BCUT2D eigenvalue weighted by Gasteiger charge is 1.93. The van der Waals surface area contributed by atoms with Crippen molar-refractivity contribution in [1.29, 1.82) is 5.26 Å². The lowest BCUT2D eigenvalue weighted by molar-refractivity contribution is 1.23. The van der Waals surface area contributed by atoms with Crippen LogP contribution in [0.25, 0.3) is 0 Å². The van der Waals surface area contributed by atoms with E-state index in [1.165, 1.54) is 0 Å². The molecular weight excluding hydrogens is 296 g/mol. The van der Waals surface area contributed by atoms with Crippen molar-refractivity contribution in [3.63, 3.8) is 0 Å². The zero-order valence-electron chi connectivity index (χ0n) is 12.9. The first-order chi connectivity index (χ1) is 11.8. The number of aliphatic imine (C=N–C) groups is 1. The minimum absolute atomic E-state index is 0.639. The van der Waals surface area contributed by atoms with E-state index in [1.807, 2.05) is 66.7 Å². The lowest BCUT2D eigenvalue weighted by Crippen LogP contribution is -1.81. The van der Waals surface area contributed by atoms with Gasteiger partial charge in [0.25, 0.3) is 0 Å². The Bertz CT molecular complexity index is 887. The molecular formula is C20H14N4. The summed E-state index contributed by atoms with van der Waals surface area (Å²) in [7, 11) is 0. The highest BCUT2D eigenvalue weighted by molar-refractivity contribution is 5.82. The first-order valence-electron chi connectivity index (χ1n) is 7.44. The lowest BCUT2D eigenvalue weighted by atomic mass is 10.2. The Morgan fingerprint density at radius 3 is 1.88 bits per heavy atom. The molecule has 0 bridgehead atoms. The van der Waals surface area contributed by atoms with Crippen LogP contribution in [0.2, 0.25) is 0 Å². The first-order valence-corrected chi connectivity index (χ1v) is 7.44. The number of hydrogen-bond donors (Lipinski definition) is 0. The van der Waals surface area contributed by atoms with Gasteiger partial charge in [-0.15, -0.1) is 0 Å². The molecule has 3 aromatic carbocycles. The molecule has 3 rings (SSSR count). The van der Waals surface area contributed by atoms with E-state index in [2.05, 4.69) is 21.3 Å². The zero-order valence-corrected chi connectivity index (χ0v) is 12.9. The van der Waals surface area contributed by atoms with Gasteiger partial charge in [-0.1, -0.05) is 30.3 Å². The van der Waals surface area contributed by atoms with Gasteiger partial charge >= 0.3 is 0 Å². The quantitative estimate of drug-likeness (QED) is 0.448. The Hall–Kier alpha value is -3.58. The summed E-state index contributed by atoms with van der Waals surface area (Å²) in [4.78, 5) is 4.41. The second kappa shape index (κ2) is 7.61. The molecule has 0 aliphatic heterocycles. The molecule has 0 unspecified atom stereocenters. The van der Waals surface area contributed by atoms with Crippen molar-refractivity contribution in [3.05, 3.63) is 90.0 Å². The van der Waals surface area contributed by atoms with E-state index in [1.54, 1.807) is 18.3 Å². The lowest BCUT2D eigenvalue weighted by Gasteiger charge is -1.96. The van der Waals surface area contributed by atoms with Crippen LogP contribution >= 0.6 is 0 Å². The average Bonchev–Trinajstić information content (AvgIpc) is 2.67. The summed E-state index contributed by atoms with van der Waals surface area (Å²) in [5.41, 5.74) is 4.01. The van der Waals surface area contributed by atoms with Gasteiger partial charge in [0.05, 0.1) is 28.7 Å². The van der Waals surface area contributed by atoms with E-state index in [9.17, 15) is 0 Å². The van der Waals surface area contributed by atoms with Crippen LogP contribution in [-0.4, -0.2) is 6.21 Å². The van der Waals surface area contributed by atoms with E-state index in [0.29, 0.717) is 5.56 Å². The molecule has 0 saturated heterocycles. The molecule has 0 fully saturated rings. The molecule has 0 radical (unpaired) electrons. The number of hydrogen-bond acceptors (Lipinski definition) is 4. The number of benzene rings is 3. The molecule has 3 aromatic rings. The summed E-state index contributed by atoms with van der Waals surface area (Å²) in [5.74, 6) is 0. The van der Waals surface area contributed by atoms with E-state index in [4.69, 9.17) is 5.26 Å². The van der Waals surface area contributed by atoms with Crippen LogP contribution in [-0.2, 0) is 0 Å². The molecule has 0 atom stereocenters. The Morgan fingerprint density at radius 2 is 1.25 bits per heavy atom. The molecule has 0 spiro atoms. The Balaban J connectivity index is 1.67. The highest BCUT2D eigenvalue weighted by Crippen LogP contribution is 2.21. The maximum Gasteiger partial charge on any atom is 0.0991 e. The predicted octanol–water partition coefficient (Wildman–Crippen LogP) is 5.72. The molecule has 24 heavy (non-hydrogen) atoms. The van der Waals surface area contributed by atoms with Crippen LogP contribution in [0.5, 0.6) is 0 Å². The number of azo groups is 1. The van der Waals surface area contributed by atoms with Gasteiger partial charge in [-0.25, -0.2) is 0 Å². The minimum Gasteiger partial charge on any atom is -0.256 e. The number of rotatable bonds is 4. The van der Waals surface area contributed by atoms with Crippen LogP contribution < -0.4 is 0 Å². The monoisotopic (exact) mass is 310 g/mol. The maximum absolute atomic E-state index is 8.78. The van der Waals surface area contributed by atoms with Crippen molar-refractivity contribution >= 4 is 23.3 Å². The van der Waals surface area contributed by atoms with Gasteiger partial charge in [0.2, 0.25) is 0 Å². The SMILES string of the molecule is N#Cc1ccc(C=Nc2ccc(N=Nc3ccccc3)cc2)cc1. The summed E-state index contributed by atoms with van der Waals surface area (Å²) in [6.07, 6.45) is 1.77. The van der Waals surface area contributed by atoms with Crippen molar-refractivity contribution in [1.82, 2.24) is 0 Å². The molecule has 4 heteroatoms. The first kappa shape index (κ1) is 15.3. The molecule has 114 valence electrons. The summed E-state index contributed by atoms with van der Waals surface area (Å²) in [6.45, 7) is 0. The third kappa shape index (κ3) is 4.21. The van der Waals surface area contributed by atoms with Crippen molar-refractivity contribution in [2.75, 3.05) is 0 Å². The molecule has 0 aliphatic carbocycles. The van der Waals surface area contributed by atoms with Crippen LogP contribution in [0, 0.1) is 11.3 Å². The van der Waals surface area contributed by atoms with Gasteiger partial charge in [0, 0.05) is 6.21 Å². The smallest absolute Gasteiger partial charge is 0.0991 e. The number of nitrogens with zero attached hydrogens (tertiary/aromatic N) is 4. The minimum atomic E-state index is 0.639. The maximum atomic E-state index is 8.78.